The number of methoxy groups -OCH3 is 2. The maximum Gasteiger partial charge on any atom is 0.187 e. The summed E-state index contributed by atoms with van der Waals surface area (Å²) in [7, 11) is 3.23. The zero-order chi connectivity index (χ0) is 15.6. The molecule has 6 heteroatoms. The molecular formula is C16H21N3O3. The maximum atomic E-state index is 5.57. The van der Waals surface area contributed by atoms with E-state index >= 15 is 0 Å². The van der Waals surface area contributed by atoms with Crippen molar-refractivity contribution in [2.45, 2.75) is 25.3 Å². The van der Waals surface area contributed by atoms with Crippen LogP contribution < -0.4 is 14.8 Å². The molecule has 1 aliphatic heterocycles. The predicted octanol–water partition coefficient (Wildman–Crippen LogP) is 2.63. The molecule has 1 N–H and O–H groups in total. The fraction of sp³-hybridized carbons (Fsp3) is 0.500. The van der Waals surface area contributed by atoms with Gasteiger partial charge < -0.3 is 19.5 Å². The van der Waals surface area contributed by atoms with Gasteiger partial charge in [-0.05, 0) is 25.0 Å². The minimum absolute atomic E-state index is 0.0611. The second-order valence-electron chi connectivity index (χ2n) is 5.48. The van der Waals surface area contributed by atoms with E-state index in [9.17, 15) is 0 Å². The molecule has 1 fully saturated rings. The molecule has 118 valence electrons. The Hall–Kier alpha value is -2.08. The molecule has 3 rings (SSSR count). The number of aromatic nitrogens is 2. The summed E-state index contributed by atoms with van der Waals surface area (Å²) in [4.78, 5) is 8.78. The van der Waals surface area contributed by atoms with Crippen molar-refractivity contribution < 1.29 is 14.2 Å². The van der Waals surface area contributed by atoms with Crippen molar-refractivity contribution >= 4 is 16.7 Å². The highest BCUT2D eigenvalue weighted by Crippen LogP contribution is 2.37. The van der Waals surface area contributed by atoms with Crippen molar-refractivity contribution in [1.82, 2.24) is 9.97 Å². The van der Waals surface area contributed by atoms with Gasteiger partial charge in [0.25, 0.3) is 0 Å². The van der Waals surface area contributed by atoms with Crippen LogP contribution >= 0.6 is 0 Å². The number of ether oxygens (including phenoxy) is 3. The van der Waals surface area contributed by atoms with Gasteiger partial charge in [0.15, 0.2) is 11.5 Å². The first-order chi connectivity index (χ1) is 10.7. The van der Waals surface area contributed by atoms with Crippen molar-refractivity contribution in [3.8, 4) is 11.5 Å². The Morgan fingerprint density at radius 1 is 1.27 bits per heavy atom. The Balaban J connectivity index is 2.07. The highest BCUT2D eigenvalue weighted by atomic mass is 16.5. The minimum atomic E-state index is -0.0611. The first-order valence-electron chi connectivity index (χ1n) is 7.44. The van der Waals surface area contributed by atoms with E-state index in [1.165, 1.54) is 0 Å². The van der Waals surface area contributed by atoms with Gasteiger partial charge in [-0.15, -0.1) is 0 Å². The summed E-state index contributed by atoms with van der Waals surface area (Å²) in [6, 6.07) is 3.83. The third-order valence-corrected chi connectivity index (χ3v) is 4.31. The van der Waals surface area contributed by atoms with Crippen LogP contribution in [0.25, 0.3) is 10.9 Å². The molecular weight excluding hydrogens is 282 g/mol. The highest BCUT2D eigenvalue weighted by molar-refractivity contribution is 5.94. The smallest absolute Gasteiger partial charge is 0.187 e. The fourth-order valence-electron chi connectivity index (χ4n) is 2.87. The van der Waals surface area contributed by atoms with Crippen LogP contribution in [0.3, 0.4) is 0 Å². The average molecular weight is 303 g/mol. The van der Waals surface area contributed by atoms with Crippen LogP contribution in [0.15, 0.2) is 18.5 Å². The molecule has 2 aromatic rings. The Labute approximate surface area is 129 Å². The summed E-state index contributed by atoms with van der Waals surface area (Å²) in [5.74, 6) is 2.09. The van der Waals surface area contributed by atoms with Crippen LogP contribution in [-0.2, 0) is 4.74 Å². The SMILES string of the molecule is CCC1(Nc2ncnc3c(OC)c(OC)ccc23)CCOC1. The lowest BCUT2D eigenvalue weighted by molar-refractivity contribution is 0.181. The van der Waals surface area contributed by atoms with E-state index in [1.807, 2.05) is 12.1 Å². The zero-order valence-electron chi connectivity index (χ0n) is 13.2. The highest BCUT2D eigenvalue weighted by Gasteiger charge is 2.33. The van der Waals surface area contributed by atoms with E-state index < -0.39 is 0 Å². The normalized spacial score (nSPS) is 21.0. The number of anilines is 1. The van der Waals surface area contributed by atoms with Gasteiger partial charge in [0.2, 0.25) is 0 Å². The van der Waals surface area contributed by atoms with E-state index in [-0.39, 0.29) is 5.54 Å². The molecule has 0 spiro atoms. The lowest BCUT2D eigenvalue weighted by Crippen LogP contribution is -2.38. The summed E-state index contributed by atoms with van der Waals surface area (Å²) in [5, 5.41) is 4.48. The Bertz CT molecular complexity index is 669. The molecule has 1 unspecified atom stereocenters. The second-order valence-corrected chi connectivity index (χ2v) is 5.48. The van der Waals surface area contributed by atoms with Crippen molar-refractivity contribution in [1.29, 1.82) is 0 Å². The summed E-state index contributed by atoms with van der Waals surface area (Å²) in [5.41, 5.74) is 0.679. The molecule has 0 amide bonds. The zero-order valence-corrected chi connectivity index (χ0v) is 13.2. The van der Waals surface area contributed by atoms with Crippen molar-refractivity contribution in [3.63, 3.8) is 0 Å². The van der Waals surface area contributed by atoms with E-state index in [0.29, 0.717) is 18.1 Å². The molecule has 0 saturated carbocycles. The third kappa shape index (κ3) is 2.43. The van der Waals surface area contributed by atoms with Crippen molar-refractivity contribution in [2.24, 2.45) is 0 Å². The van der Waals surface area contributed by atoms with E-state index in [0.717, 1.165) is 36.2 Å². The molecule has 1 saturated heterocycles. The number of benzene rings is 1. The van der Waals surface area contributed by atoms with Crippen LogP contribution in [0.2, 0.25) is 0 Å². The van der Waals surface area contributed by atoms with E-state index in [1.54, 1.807) is 20.5 Å². The monoisotopic (exact) mass is 303 g/mol. The first-order valence-corrected chi connectivity index (χ1v) is 7.44. The number of fused-ring (bicyclic) bond motifs is 1. The number of nitrogens with zero attached hydrogens (tertiary/aromatic N) is 2. The van der Waals surface area contributed by atoms with Gasteiger partial charge in [-0.25, -0.2) is 9.97 Å². The molecule has 1 aromatic heterocycles. The number of hydrogen-bond acceptors (Lipinski definition) is 6. The van der Waals surface area contributed by atoms with Gasteiger partial charge in [0.1, 0.15) is 17.7 Å². The van der Waals surface area contributed by atoms with Crippen molar-refractivity contribution in [2.75, 3.05) is 32.8 Å². The minimum Gasteiger partial charge on any atom is -0.493 e. The predicted molar refractivity (Wildman–Crippen MR) is 84.7 cm³/mol. The largest absolute Gasteiger partial charge is 0.493 e. The molecule has 0 bridgehead atoms. The molecule has 22 heavy (non-hydrogen) atoms. The molecule has 1 aromatic carbocycles. The molecule has 6 nitrogen and oxygen atoms in total. The van der Waals surface area contributed by atoms with Gasteiger partial charge in [-0.3, -0.25) is 0 Å². The number of rotatable bonds is 5. The number of hydrogen-bond donors (Lipinski definition) is 1. The van der Waals surface area contributed by atoms with Crippen molar-refractivity contribution in [3.05, 3.63) is 18.5 Å². The maximum absolute atomic E-state index is 5.57. The van der Waals surface area contributed by atoms with E-state index in [4.69, 9.17) is 14.2 Å². The fourth-order valence-corrected chi connectivity index (χ4v) is 2.87. The third-order valence-electron chi connectivity index (χ3n) is 4.31. The topological polar surface area (TPSA) is 65.5 Å². The standard InChI is InChI=1S/C16H21N3O3/c1-4-16(7-8-22-9-16)19-15-11-5-6-12(20-2)14(21-3)13(11)17-10-18-15/h5-6,10H,4,7-9H2,1-3H3,(H,17,18,19). The Morgan fingerprint density at radius 2 is 2.14 bits per heavy atom. The van der Waals surface area contributed by atoms with Gasteiger partial charge in [0, 0.05) is 12.0 Å². The Morgan fingerprint density at radius 3 is 2.77 bits per heavy atom. The first kappa shape index (κ1) is 14.8. The van der Waals surface area contributed by atoms with Gasteiger partial charge in [-0.2, -0.15) is 0 Å². The second kappa shape index (κ2) is 5.96. The van der Waals surface area contributed by atoms with Gasteiger partial charge in [0.05, 0.1) is 26.4 Å². The summed E-state index contributed by atoms with van der Waals surface area (Å²) in [6.07, 6.45) is 3.50. The quantitative estimate of drug-likeness (QED) is 0.916. The van der Waals surface area contributed by atoms with Crippen LogP contribution in [0.5, 0.6) is 11.5 Å². The molecule has 1 atom stereocenters. The number of nitrogens with one attached hydrogen (secondary N) is 1. The molecule has 0 aliphatic carbocycles. The average Bonchev–Trinajstić information content (AvgIpc) is 3.03. The lowest BCUT2D eigenvalue weighted by atomic mass is 9.95. The van der Waals surface area contributed by atoms with Crippen LogP contribution in [0.1, 0.15) is 19.8 Å². The van der Waals surface area contributed by atoms with E-state index in [2.05, 4.69) is 22.2 Å². The van der Waals surface area contributed by atoms with Crippen LogP contribution in [0.4, 0.5) is 5.82 Å². The lowest BCUT2D eigenvalue weighted by Gasteiger charge is -2.28. The molecule has 0 radical (unpaired) electrons. The van der Waals surface area contributed by atoms with Crippen LogP contribution in [-0.4, -0.2) is 42.9 Å². The Kier molecular flexibility index (Phi) is 4.02. The van der Waals surface area contributed by atoms with Gasteiger partial charge >= 0.3 is 0 Å². The summed E-state index contributed by atoms with van der Waals surface area (Å²) < 4.78 is 16.4. The molecule has 2 heterocycles. The van der Waals surface area contributed by atoms with Crippen LogP contribution in [0, 0.1) is 0 Å². The summed E-state index contributed by atoms with van der Waals surface area (Å²) >= 11 is 0. The molecule has 1 aliphatic rings. The summed E-state index contributed by atoms with van der Waals surface area (Å²) in [6.45, 7) is 3.64. The van der Waals surface area contributed by atoms with Gasteiger partial charge in [-0.1, -0.05) is 6.92 Å².